The van der Waals surface area contributed by atoms with Gasteiger partial charge >= 0.3 is 23.9 Å². The van der Waals surface area contributed by atoms with E-state index in [0.717, 1.165) is 16.6 Å². The van der Waals surface area contributed by atoms with Crippen LogP contribution in [0.15, 0.2) is 48.7 Å². The van der Waals surface area contributed by atoms with Gasteiger partial charge in [0.05, 0.1) is 29.8 Å². The van der Waals surface area contributed by atoms with E-state index in [0.29, 0.717) is 36.9 Å². The fourth-order valence-electron chi connectivity index (χ4n) is 6.92. The zero-order valence-electron chi connectivity index (χ0n) is 22.1. The van der Waals surface area contributed by atoms with E-state index in [1.165, 1.54) is 0 Å². The predicted molar refractivity (Wildman–Crippen MR) is 137 cm³/mol. The highest BCUT2D eigenvalue weighted by atomic mass is 16.9. The molecule has 11 heteroatoms. The Kier molecular flexibility index (Phi) is 5.26. The van der Waals surface area contributed by atoms with Crippen molar-refractivity contribution in [2.75, 3.05) is 14.1 Å². The van der Waals surface area contributed by atoms with Gasteiger partial charge in [-0.3, -0.25) is 24.2 Å². The smallest absolute Gasteiger partial charge is 0.421 e. The first-order valence-corrected chi connectivity index (χ1v) is 13.4. The molecule has 2 bridgehead atoms. The molecule has 11 nitrogen and oxygen atoms in total. The molecule has 40 heavy (non-hydrogen) atoms. The second-order valence-corrected chi connectivity index (χ2v) is 11.4. The zero-order chi connectivity index (χ0) is 27.9. The Morgan fingerprint density at radius 3 is 2.40 bits per heavy atom. The molecule has 1 saturated carbocycles. The minimum Gasteiger partial charge on any atom is -0.446 e. The maximum absolute atomic E-state index is 13.3. The molecule has 2 N–H and O–H groups in total. The van der Waals surface area contributed by atoms with Crippen molar-refractivity contribution >= 4 is 28.8 Å². The van der Waals surface area contributed by atoms with E-state index < -0.39 is 59.6 Å². The Hall–Kier alpha value is -3.80. The highest BCUT2D eigenvalue weighted by molar-refractivity contribution is 5.93. The third-order valence-corrected chi connectivity index (χ3v) is 9.00. The summed E-state index contributed by atoms with van der Waals surface area (Å²) in [6.07, 6.45) is 0.962. The van der Waals surface area contributed by atoms with Crippen molar-refractivity contribution in [2.24, 2.45) is 0 Å². The summed E-state index contributed by atoms with van der Waals surface area (Å²) in [6.45, 7) is 0. The van der Waals surface area contributed by atoms with Crippen LogP contribution in [0.1, 0.15) is 61.6 Å². The van der Waals surface area contributed by atoms with E-state index in [1.54, 1.807) is 6.20 Å². The van der Waals surface area contributed by atoms with Gasteiger partial charge in [-0.15, -0.1) is 0 Å². The number of aromatic amines is 1. The van der Waals surface area contributed by atoms with Crippen molar-refractivity contribution in [3.63, 3.8) is 0 Å². The average molecular weight is 548 g/mol. The predicted octanol–water partition coefficient (Wildman–Crippen LogP) is 2.68. The summed E-state index contributed by atoms with van der Waals surface area (Å²) in [4.78, 5) is 49.6. The maximum atomic E-state index is 13.3. The molecule has 1 aliphatic carbocycles. The van der Waals surface area contributed by atoms with Gasteiger partial charge in [-0.05, 0) is 58.0 Å². The minimum atomic E-state index is -2.41. The number of ether oxygens (including phenoxy) is 4. The number of aromatic nitrogens is 2. The SMILES string of the molecule is CN(C)C1(c2ccccn2)CCC2(CC1)OC13OC(=O)CC(O)(CC(=O)OC1c1c2[nH]c2ccccc12)C(=O)O3. The number of hydrogen-bond acceptors (Lipinski definition) is 10. The molecule has 3 fully saturated rings. The van der Waals surface area contributed by atoms with Crippen LogP contribution in [0.3, 0.4) is 0 Å². The largest absolute Gasteiger partial charge is 0.446 e. The maximum Gasteiger partial charge on any atom is 0.421 e. The number of benzene rings is 1. The molecule has 3 unspecified atom stereocenters. The first kappa shape index (κ1) is 25.2. The van der Waals surface area contributed by atoms with Gasteiger partial charge in [0.15, 0.2) is 5.60 Å². The lowest BCUT2D eigenvalue weighted by Crippen LogP contribution is -2.60. The van der Waals surface area contributed by atoms with E-state index in [4.69, 9.17) is 18.9 Å². The van der Waals surface area contributed by atoms with Crippen molar-refractivity contribution in [3.8, 4) is 0 Å². The molecule has 2 aromatic heterocycles. The number of nitrogens with one attached hydrogen (secondary N) is 1. The second-order valence-electron chi connectivity index (χ2n) is 11.4. The van der Waals surface area contributed by atoms with Gasteiger partial charge in [-0.1, -0.05) is 24.3 Å². The van der Waals surface area contributed by atoms with Crippen LogP contribution in [-0.4, -0.2) is 63.6 Å². The fourth-order valence-corrected chi connectivity index (χ4v) is 6.92. The monoisotopic (exact) mass is 547 g/mol. The molecule has 4 aliphatic rings. The number of nitrogens with zero attached hydrogens (tertiary/aromatic N) is 2. The first-order chi connectivity index (χ1) is 19.1. The number of aliphatic hydroxyl groups is 1. The number of pyridine rings is 1. The Morgan fingerprint density at radius 1 is 0.950 bits per heavy atom. The third kappa shape index (κ3) is 3.41. The van der Waals surface area contributed by atoms with Crippen molar-refractivity contribution in [3.05, 3.63) is 65.6 Å². The summed E-state index contributed by atoms with van der Waals surface area (Å²) >= 11 is 0. The molecule has 0 radical (unpaired) electrons. The van der Waals surface area contributed by atoms with Crippen LogP contribution in [-0.2, 0) is 44.5 Å². The highest BCUT2D eigenvalue weighted by Gasteiger charge is 2.68. The Morgan fingerprint density at radius 2 is 1.68 bits per heavy atom. The number of hydrogen-bond donors (Lipinski definition) is 2. The molecule has 208 valence electrons. The van der Waals surface area contributed by atoms with Crippen LogP contribution in [0.4, 0.5) is 0 Å². The summed E-state index contributed by atoms with van der Waals surface area (Å²) in [5.41, 5.74) is -1.02. The molecule has 0 amide bonds. The number of fused-ring (bicyclic) bond motifs is 7. The molecule has 3 aliphatic heterocycles. The molecular formula is C29H29N3O8. The van der Waals surface area contributed by atoms with Gasteiger partial charge < -0.3 is 24.3 Å². The third-order valence-electron chi connectivity index (χ3n) is 9.00. The summed E-state index contributed by atoms with van der Waals surface area (Å²) in [5, 5.41) is 11.7. The Balaban J connectivity index is 1.41. The summed E-state index contributed by atoms with van der Waals surface area (Å²) in [7, 11) is 4.03. The fraction of sp³-hybridized carbons (Fsp3) is 0.448. The Labute approximate surface area is 229 Å². The van der Waals surface area contributed by atoms with Gasteiger partial charge in [0.1, 0.15) is 5.60 Å². The van der Waals surface area contributed by atoms with Crippen molar-refractivity contribution in [1.82, 2.24) is 14.9 Å². The molecule has 3 aromatic rings. The first-order valence-electron chi connectivity index (χ1n) is 13.4. The van der Waals surface area contributed by atoms with Crippen LogP contribution in [0, 0.1) is 0 Å². The highest BCUT2D eigenvalue weighted by Crippen LogP contribution is 2.59. The van der Waals surface area contributed by atoms with Gasteiger partial charge in [-0.25, -0.2) is 4.79 Å². The zero-order valence-corrected chi connectivity index (χ0v) is 22.1. The molecule has 2 saturated heterocycles. The van der Waals surface area contributed by atoms with Crippen LogP contribution in [0.25, 0.3) is 10.9 Å². The van der Waals surface area contributed by atoms with Crippen molar-refractivity contribution < 1.29 is 38.4 Å². The van der Waals surface area contributed by atoms with E-state index in [9.17, 15) is 19.5 Å². The normalized spacial score (nSPS) is 35.3. The van der Waals surface area contributed by atoms with Gasteiger partial charge in [0, 0.05) is 22.7 Å². The lowest BCUT2D eigenvalue weighted by Gasteiger charge is -2.54. The minimum absolute atomic E-state index is 0.402. The number of rotatable bonds is 2. The molecule has 7 rings (SSSR count). The molecular weight excluding hydrogens is 518 g/mol. The van der Waals surface area contributed by atoms with Crippen LogP contribution >= 0.6 is 0 Å². The number of esters is 3. The Bertz CT molecular complexity index is 1540. The molecule has 3 atom stereocenters. The average Bonchev–Trinajstić information content (AvgIpc) is 3.29. The van der Waals surface area contributed by atoms with Gasteiger partial charge in [0.25, 0.3) is 0 Å². The van der Waals surface area contributed by atoms with E-state index >= 15 is 0 Å². The van der Waals surface area contributed by atoms with E-state index in [2.05, 4.69) is 14.9 Å². The molecule has 5 heterocycles. The topological polar surface area (TPSA) is 140 Å². The number of para-hydroxylation sites is 1. The number of carbonyl (C=O) groups excluding carboxylic acids is 3. The summed E-state index contributed by atoms with van der Waals surface area (Å²) in [6, 6.07) is 13.3. The van der Waals surface area contributed by atoms with E-state index in [-0.39, 0.29) is 0 Å². The van der Waals surface area contributed by atoms with E-state index in [1.807, 2.05) is 56.6 Å². The van der Waals surface area contributed by atoms with Crippen LogP contribution < -0.4 is 0 Å². The summed E-state index contributed by atoms with van der Waals surface area (Å²) in [5.74, 6) is -5.36. The molecule has 2 spiro atoms. The van der Waals surface area contributed by atoms with Gasteiger partial charge in [0.2, 0.25) is 6.10 Å². The second kappa shape index (κ2) is 8.35. The van der Waals surface area contributed by atoms with Gasteiger partial charge in [-0.2, -0.15) is 0 Å². The number of H-pyrrole nitrogens is 1. The van der Waals surface area contributed by atoms with Crippen LogP contribution in [0.2, 0.25) is 0 Å². The lowest BCUT2D eigenvalue weighted by molar-refractivity contribution is -0.427. The van der Waals surface area contributed by atoms with Crippen LogP contribution in [0.5, 0.6) is 0 Å². The quantitative estimate of drug-likeness (QED) is 0.460. The van der Waals surface area contributed by atoms with Crippen molar-refractivity contribution in [1.29, 1.82) is 0 Å². The lowest BCUT2D eigenvalue weighted by atomic mass is 9.68. The van der Waals surface area contributed by atoms with Crippen molar-refractivity contribution in [2.45, 2.75) is 67.3 Å². The standard InChI is InChI=1S/C29H29N3O8/c1-32(2)26(19-9-5-6-14-30-19)10-12-28(13-11-26)23-22(17-7-3-4-8-18(17)31-23)24-29(40-28)38-21(34)16-27(36,25(35)39-29)15-20(33)37-24/h3-9,14,24,31,36H,10-13,15-16H2,1-2H3. The summed E-state index contributed by atoms with van der Waals surface area (Å²) < 4.78 is 24.0. The molecule has 1 aromatic carbocycles. The number of carbonyl (C=O) groups is 3.